The summed E-state index contributed by atoms with van der Waals surface area (Å²) < 4.78 is 0. The summed E-state index contributed by atoms with van der Waals surface area (Å²) in [7, 11) is 0. The van der Waals surface area contributed by atoms with E-state index < -0.39 is 18.1 Å². The molecule has 1 rings (SSSR count). The Hall–Kier alpha value is -1.75. The highest BCUT2D eigenvalue weighted by Crippen LogP contribution is 2.11. The normalized spacial score (nSPS) is 11.8. The molecule has 1 atom stereocenters. The van der Waals surface area contributed by atoms with E-state index in [2.05, 4.69) is 0 Å². The van der Waals surface area contributed by atoms with Crippen molar-refractivity contribution in [2.24, 2.45) is 0 Å². The molecule has 16 heavy (non-hydrogen) atoms. The van der Waals surface area contributed by atoms with Crippen molar-refractivity contribution in [3.8, 4) is 0 Å². The van der Waals surface area contributed by atoms with Crippen LogP contribution >= 0.6 is 11.6 Å². The Balaban J connectivity index is 2.71. The van der Waals surface area contributed by atoms with Crippen LogP contribution in [-0.2, 0) is 11.2 Å². The molecular weight excluding hydrogens is 234 g/mol. The van der Waals surface area contributed by atoms with E-state index >= 15 is 0 Å². The third kappa shape index (κ3) is 3.78. The van der Waals surface area contributed by atoms with Gasteiger partial charge in [-0.25, -0.2) is 9.59 Å². The van der Waals surface area contributed by atoms with Gasteiger partial charge >= 0.3 is 12.1 Å². The quantitative estimate of drug-likeness (QED) is 0.750. The Morgan fingerprint density at radius 3 is 2.25 bits per heavy atom. The van der Waals surface area contributed by atoms with E-state index in [1.54, 1.807) is 24.3 Å². The van der Waals surface area contributed by atoms with Crippen LogP contribution in [0, 0.1) is 0 Å². The van der Waals surface area contributed by atoms with Crippen LogP contribution in [0.3, 0.4) is 0 Å². The number of nitrogens with one attached hydrogen (secondary N) is 1. The van der Waals surface area contributed by atoms with Gasteiger partial charge in [0.1, 0.15) is 6.04 Å². The van der Waals surface area contributed by atoms with Gasteiger partial charge in [-0.15, -0.1) is 0 Å². The van der Waals surface area contributed by atoms with Crippen molar-refractivity contribution in [2.45, 2.75) is 12.5 Å². The maximum atomic E-state index is 10.8. The smallest absolute Gasteiger partial charge is 0.405 e. The fourth-order valence-electron chi connectivity index (χ4n) is 1.21. The van der Waals surface area contributed by atoms with E-state index in [4.69, 9.17) is 21.8 Å². The summed E-state index contributed by atoms with van der Waals surface area (Å²) in [4.78, 5) is 21.1. The average Bonchev–Trinajstić information content (AvgIpc) is 2.19. The van der Waals surface area contributed by atoms with E-state index in [1.807, 2.05) is 5.32 Å². The van der Waals surface area contributed by atoms with Gasteiger partial charge in [-0.1, -0.05) is 23.7 Å². The molecule has 0 aromatic heterocycles. The molecule has 5 nitrogen and oxygen atoms in total. The molecule has 0 heterocycles. The fraction of sp³-hybridized carbons (Fsp3) is 0.200. The summed E-state index contributed by atoms with van der Waals surface area (Å²) in [5.41, 5.74) is 0.700. The zero-order valence-electron chi connectivity index (χ0n) is 8.18. The molecular formula is C10H10ClNO4. The maximum Gasteiger partial charge on any atom is 0.405 e. The summed E-state index contributed by atoms with van der Waals surface area (Å²) in [6.07, 6.45) is -1.28. The van der Waals surface area contributed by atoms with Crippen molar-refractivity contribution in [1.29, 1.82) is 0 Å². The summed E-state index contributed by atoms with van der Waals surface area (Å²) in [6, 6.07) is 5.40. The first-order valence-electron chi connectivity index (χ1n) is 4.45. The van der Waals surface area contributed by atoms with Crippen LogP contribution < -0.4 is 5.32 Å². The summed E-state index contributed by atoms with van der Waals surface area (Å²) in [5, 5.41) is 19.7. The van der Waals surface area contributed by atoms with Crippen molar-refractivity contribution in [1.82, 2.24) is 5.32 Å². The number of carboxylic acid groups (broad SMARTS) is 2. The maximum absolute atomic E-state index is 10.8. The lowest BCUT2D eigenvalue weighted by atomic mass is 10.1. The number of halogens is 1. The first kappa shape index (κ1) is 12.3. The van der Waals surface area contributed by atoms with Gasteiger partial charge in [-0.2, -0.15) is 0 Å². The molecule has 86 valence electrons. The van der Waals surface area contributed by atoms with Gasteiger partial charge in [0.15, 0.2) is 0 Å². The van der Waals surface area contributed by atoms with Crippen LogP contribution in [0.2, 0.25) is 5.02 Å². The molecule has 3 N–H and O–H groups in total. The number of hydrogen-bond donors (Lipinski definition) is 3. The fourth-order valence-corrected chi connectivity index (χ4v) is 1.33. The van der Waals surface area contributed by atoms with Crippen LogP contribution in [0.1, 0.15) is 5.56 Å². The minimum Gasteiger partial charge on any atom is -0.480 e. The lowest BCUT2D eigenvalue weighted by Gasteiger charge is -2.11. The van der Waals surface area contributed by atoms with E-state index in [0.29, 0.717) is 10.6 Å². The van der Waals surface area contributed by atoms with Crippen LogP contribution in [-0.4, -0.2) is 28.3 Å². The van der Waals surface area contributed by atoms with Crippen molar-refractivity contribution in [2.75, 3.05) is 0 Å². The minimum absolute atomic E-state index is 0.0821. The van der Waals surface area contributed by atoms with Crippen LogP contribution in [0.15, 0.2) is 24.3 Å². The van der Waals surface area contributed by atoms with Gasteiger partial charge in [-0.3, -0.25) is 0 Å². The summed E-state index contributed by atoms with van der Waals surface area (Å²) >= 11 is 5.67. The van der Waals surface area contributed by atoms with Crippen LogP contribution in [0.4, 0.5) is 4.79 Å². The van der Waals surface area contributed by atoms with Gasteiger partial charge in [0.05, 0.1) is 0 Å². The molecule has 1 aromatic carbocycles. The van der Waals surface area contributed by atoms with Crippen LogP contribution in [0.5, 0.6) is 0 Å². The Morgan fingerprint density at radius 2 is 1.81 bits per heavy atom. The second-order valence-corrected chi connectivity index (χ2v) is 3.61. The largest absolute Gasteiger partial charge is 0.480 e. The molecule has 0 saturated heterocycles. The SMILES string of the molecule is O=C(O)NC(Cc1ccc(Cl)cc1)C(=O)O. The van der Waals surface area contributed by atoms with Crippen molar-refractivity contribution >= 4 is 23.7 Å². The second-order valence-electron chi connectivity index (χ2n) is 3.17. The second kappa shape index (κ2) is 5.37. The molecule has 0 bridgehead atoms. The molecule has 0 aliphatic rings. The number of rotatable bonds is 4. The van der Waals surface area contributed by atoms with Crippen molar-refractivity contribution in [3.63, 3.8) is 0 Å². The zero-order chi connectivity index (χ0) is 12.1. The van der Waals surface area contributed by atoms with E-state index in [1.165, 1.54) is 0 Å². The van der Waals surface area contributed by atoms with Gasteiger partial charge in [-0.05, 0) is 17.7 Å². The molecule has 1 aromatic rings. The number of hydrogen-bond acceptors (Lipinski definition) is 2. The average molecular weight is 244 g/mol. The highest BCUT2D eigenvalue weighted by atomic mass is 35.5. The molecule has 0 radical (unpaired) electrons. The number of carboxylic acids is 1. The number of amides is 1. The highest BCUT2D eigenvalue weighted by molar-refractivity contribution is 6.30. The monoisotopic (exact) mass is 243 g/mol. The van der Waals surface area contributed by atoms with E-state index in [-0.39, 0.29) is 6.42 Å². The highest BCUT2D eigenvalue weighted by Gasteiger charge is 2.19. The number of carbonyl (C=O) groups is 2. The predicted octanol–water partition coefficient (Wildman–Crippen LogP) is 1.60. The lowest BCUT2D eigenvalue weighted by molar-refractivity contribution is -0.139. The summed E-state index contributed by atoms with van der Waals surface area (Å²) in [6.45, 7) is 0. The third-order valence-corrected chi connectivity index (χ3v) is 2.20. The van der Waals surface area contributed by atoms with Gasteiger partial charge in [0.25, 0.3) is 0 Å². The number of aliphatic carboxylic acids is 1. The predicted molar refractivity (Wildman–Crippen MR) is 57.7 cm³/mol. The van der Waals surface area contributed by atoms with Crippen molar-refractivity contribution in [3.05, 3.63) is 34.9 Å². The van der Waals surface area contributed by atoms with Crippen molar-refractivity contribution < 1.29 is 19.8 Å². The Morgan fingerprint density at radius 1 is 1.25 bits per heavy atom. The molecule has 0 saturated carbocycles. The lowest BCUT2D eigenvalue weighted by Crippen LogP contribution is -2.41. The Labute approximate surface area is 96.7 Å². The zero-order valence-corrected chi connectivity index (χ0v) is 8.94. The molecule has 1 unspecified atom stereocenters. The Kier molecular flexibility index (Phi) is 4.13. The minimum atomic E-state index is -1.36. The molecule has 6 heteroatoms. The first-order chi connectivity index (χ1) is 7.49. The van der Waals surface area contributed by atoms with Gasteiger partial charge in [0.2, 0.25) is 0 Å². The molecule has 0 aliphatic heterocycles. The van der Waals surface area contributed by atoms with Gasteiger partial charge in [0, 0.05) is 11.4 Å². The summed E-state index contributed by atoms with van der Waals surface area (Å²) in [5.74, 6) is -1.21. The van der Waals surface area contributed by atoms with E-state index in [0.717, 1.165) is 0 Å². The van der Waals surface area contributed by atoms with Gasteiger partial charge < -0.3 is 15.5 Å². The molecule has 0 spiro atoms. The van der Waals surface area contributed by atoms with Crippen LogP contribution in [0.25, 0.3) is 0 Å². The molecule has 1 amide bonds. The molecule has 0 aliphatic carbocycles. The topological polar surface area (TPSA) is 86.6 Å². The Bertz CT molecular complexity index is 390. The van der Waals surface area contributed by atoms with E-state index in [9.17, 15) is 9.59 Å². The first-order valence-corrected chi connectivity index (χ1v) is 4.83. The third-order valence-electron chi connectivity index (χ3n) is 1.95. The molecule has 0 fully saturated rings. The number of benzene rings is 1. The standard InChI is InChI=1S/C10H10ClNO4/c11-7-3-1-6(2-4-7)5-8(9(13)14)12-10(15)16/h1-4,8,12H,5H2,(H,13,14)(H,15,16).